The van der Waals surface area contributed by atoms with Crippen molar-refractivity contribution in [2.24, 2.45) is 0 Å². The van der Waals surface area contributed by atoms with Gasteiger partial charge in [0.2, 0.25) is 0 Å². The molecule has 0 aliphatic heterocycles. The van der Waals surface area contributed by atoms with Crippen LogP contribution < -0.4 is 4.74 Å². The molecule has 0 bridgehead atoms. The van der Waals surface area contributed by atoms with Gasteiger partial charge in [0.1, 0.15) is 17.9 Å². The number of benzene rings is 2. The summed E-state index contributed by atoms with van der Waals surface area (Å²) in [4.78, 5) is 0. The summed E-state index contributed by atoms with van der Waals surface area (Å²) in [5, 5.41) is 19.5. The fourth-order valence-corrected chi connectivity index (χ4v) is 3.53. The zero-order valence-corrected chi connectivity index (χ0v) is 17.8. The second-order valence-electron chi connectivity index (χ2n) is 7.49. The van der Waals surface area contributed by atoms with Crippen LogP contribution in [0.4, 0.5) is 0 Å². The van der Waals surface area contributed by atoms with Crippen LogP contribution in [0, 0.1) is 22.7 Å². The molecule has 0 saturated carbocycles. The maximum Gasteiger partial charge on any atom is 0.119 e. The van der Waals surface area contributed by atoms with Gasteiger partial charge >= 0.3 is 0 Å². The highest BCUT2D eigenvalue weighted by Gasteiger charge is 2.14. The van der Waals surface area contributed by atoms with Crippen molar-refractivity contribution in [1.82, 2.24) is 0 Å². The fourth-order valence-electron chi connectivity index (χ4n) is 3.53. The molecule has 152 valence electrons. The zero-order valence-electron chi connectivity index (χ0n) is 17.8. The number of nitrogens with zero attached hydrogens (tertiary/aromatic N) is 2. The van der Waals surface area contributed by atoms with E-state index >= 15 is 0 Å². The lowest BCUT2D eigenvalue weighted by atomic mass is 9.91. The van der Waals surface area contributed by atoms with E-state index in [1.165, 1.54) is 38.5 Å². The Labute approximate surface area is 175 Å². The van der Waals surface area contributed by atoms with E-state index in [0.29, 0.717) is 11.1 Å². The summed E-state index contributed by atoms with van der Waals surface area (Å²) >= 11 is 0. The first-order valence-electron chi connectivity index (χ1n) is 10.9. The summed E-state index contributed by atoms with van der Waals surface area (Å²) in [6.07, 6.45) is 10.2. The Bertz CT molecular complexity index is 841. The van der Waals surface area contributed by atoms with Crippen molar-refractivity contribution in [2.75, 3.05) is 6.61 Å². The molecule has 2 aromatic carbocycles. The van der Waals surface area contributed by atoms with Gasteiger partial charge in [-0.05, 0) is 42.5 Å². The van der Waals surface area contributed by atoms with Gasteiger partial charge in [0, 0.05) is 5.56 Å². The fraction of sp³-hybridized carbons (Fsp3) is 0.462. The molecule has 29 heavy (non-hydrogen) atoms. The van der Waals surface area contributed by atoms with E-state index in [4.69, 9.17) is 4.74 Å². The van der Waals surface area contributed by atoms with E-state index in [2.05, 4.69) is 26.0 Å². The largest absolute Gasteiger partial charge is 0.494 e. The van der Waals surface area contributed by atoms with Crippen molar-refractivity contribution >= 4 is 0 Å². The molecule has 0 aliphatic rings. The van der Waals surface area contributed by atoms with Crippen LogP contribution in [0.5, 0.6) is 5.75 Å². The van der Waals surface area contributed by atoms with Crippen molar-refractivity contribution in [2.45, 2.75) is 71.6 Å². The van der Waals surface area contributed by atoms with Gasteiger partial charge < -0.3 is 4.74 Å². The van der Waals surface area contributed by atoms with E-state index in [1.807, 2.05) is 36.4 Å². The lowest BCUT2D eigenvalue weighted by Gasteiger charge is -2.12. The van der Waals surface area contributed by atoms with Crippen molar-refractivity contribution in [3.63, 3.8) is 0 Å². The summed E-state index contributed by atoms with van der Waals surface area (Å²) < 4.78 is 5.77. The quantitative estimate of drug-likeness (QED) is 0.362. The maximum atomic E-state index is 9.75. The third-order valence-corrected chi connectivity index (χ3v) is 5.25. The summed E-state index contributed by atoms with van der Waals surface area (Å²) in [6.45, 7) is 5.10. The first kappa shape index (κ1) is 22.5. The lowest BCUT2D eigenvalue weighted by Crippen LogP contribution is -1.98. The topological polar surface area (TPSA) is 56.8 Å². The molecule has 0 saturated heterocycles. The summed E-state index contributed by atoms with van der Waals surface area (Å²) in [6, 6.07) is 16.4. The van der Waals surface area contributed by atoms with E-state index in [1.54, 1.807) is 0 Å². The van der Waals surface area contributed by atoms with Crippen molar-refractivity contribution in [1.29, 1.82) is 10.5 Å². The Kier molecular flexibility index (Phi) is 9.81. The minimum Gasteiger partial charge on any atom is -0.494 e. The minimum absolute atomic E-state index is 0.482. The molecule has 0 aliphatic carbocycles. The van der Waals surface area contributed by atoms with Gasteiger partial charge in [-0.15, -0.1) is 0 Å². The number of unbranched alkanes of at least 4 members (excludes halogenated alkanes) is 6. The molecule has 0 N–H and O–H groups in total. The van der Waals surface area contributed by atoms with Crippen LogP contribution >= 0.6 is 0 Å². The monoisotopic (exact) mass is 388 g/mol. The Morgan fingerprint density at radius 1 is 0.724 bits per heavy atom. The van der Waals surface area contributed by atoms with Gasteiger partial charge in [-0.3, -0.25) is 0 Å². The maximum absolute atomic E-state index is 9.75. The molecule has 0 spiro atoms. The molecule has 2 aromatic rings. The third-order valence-electron chi connectivity index (χ3n) is 5.25. The predicted molar refractivity (Wildman–Crippen MR) is 119 cm³/mol. The molecule has 3 heteroatoms. The molecule has 0 aromatic heterocycles. The van der Waals surface area contributed by atoms with Crippen LogP contribution in [0.1, 0.15) is 81.9 Å². The number of ether oxygens (including phenoxy) is 1. The van der Waals surface area contributed by atoms with Crippen LogP contribution in [0.25, 0.3) is 11.1 Å². The number of hydrogen-bond acceptors (Lipinski definition) is 3. The van der Waals surface area contributed by atoms with Crippen molar-refractivity contribution in [3.8, 4) is 29.0 Å². The summed E-state index contributed by atoms with van der Waals surface area (Å²) in [7, 11) is 0. The Balaban J connectivity index is 2.14. The van der Waals surface area contributed by atoms with Crippen molar-refractivity contribution in [3.05, 3.63) is 53.1 Å². The smallest absolute Gasteiger partial charge is 0.119 e. The van der Waals surface area contributed by atoms with Crippen LogP contribution in [0.3, 0.4) is 0 Å². The number of hydrogen-bond donors (Lipinski definition) is 0. The van der Waals surface area contributed by atoms with Gasteiger partial charge in [-0.1, -0.05) is 76.6 Å². The number of aryl methyl sites for hydroxylation is 1. The summed E-state index contributed by atoms with van der Waals surface area (Å²) in [5.41, 5.74) is 3.75. The minimum atomic E-state index is 0.482. The summed E-state index contributed by atoms with van der Waals surface area (Å²) in [5.74, 6) is 0.840. The highest BCUT2D eigenvalue weighted by Crippen LogP contribution is 2.30. The first-order valence-corrected chi connectivity index (χ1v) is 10.9. The molecule has 0 heterocycles. The molecular weight excluding hydrogens is 356 g/mol. The molecular formula is C26H32N2O. The van der Waals surface area contributed by atoms with Gasteiger partial charge in [-0.2, -0.15) is 10.5 Å². The van der Waals surface area contributed by atoms with Gasteiger partial charge in [-0.25, -0.2) is 0 Å². The van der Waals surface area contributed by atoms with E-state index in [9.17, 15) is 10.5 Å². The molecule has 0 atom stereocenters. The van der Waals surface area contributed by atoms with Gasteiger partial charge in [0.15, 0.2) is 0 Å². The second kappa shape index (κ2) is 12.6. The first-order chi connectivity index (χ1) is 14.2. The number of nitriles is 2. The molecule has 0 unspecified atom stereocenters. The van der Waals surface area contributed by atoms with Crippen LogP contribution in [-0.2, 0) is 6.42 Å². The molecule has 3 nitrogen and oxygen atoms in total. The normalized spacial score (nSPS) is 10.3. The van der Waals surface area contributed by atoms with Gasteiger partial charge in [0.25, 0.3) is 0 Å². The molecule has 0 fully saturated rings. The lowest BCUT2D eigenvalue weighted by molar-refractivity contribution is 0.306. The Hall–Kier alpha value is -2.78. The highest BCUT2D eigenvalue weighted by molar-refractivity contribution is 5.75. The Morgan fingerprint density at radius 2 is 1.38 bits per heavy atom. The van der Waals surface area contributed by atoms with Crippen LogP contribution in [-0.4, -0.2) is 6.61 Å². The molecule has 0 radical (unpaired) electrons. The second-order valence-corrected chi connectivity index (χ2v) is 7.49. The van der Waals surface area contributed by atoms with E-state index in [0.717, 1.165) is 48.3 Å². The van der Waals surface area contributed by atoms with Crippen molar-refractivity contribution < 1.29 is 4.74 Å². The average Bonchev–Trinajstić information content (AvgIpc) is 2.76. The van der Waals surface area contributed by atoms with E-state index < -0.39 is 0 Å². The zero-order chi connectivity index (χ0) is 20.9. The van der Waals surface area contributed by atoms with Crippen LogP contribution in [0.2, 0.25) is 0 Å². The third kappa shape index (κ3) is 6.65. The molecule has 2 rings (SSSR count). The highest BCUT2D eigenvalue weighted by atomic mass is 16.5. The van der Waals surface area contributed by atoms with E-state index in [-0.39, 0.29) is 0 Å². The SMILES string of the molecule is CCCCCCCc1ccc(-c2ccc(OCCCCC)cc2)c(C#N)c1C#N. The predicted octanol–water partition coefficient (Wildman–Crippen LogP) is 7.18. The average molecular weight is 389 g/mol. The van der Waals surface area contributed by atoms with Crippen LogP contribution in [0.15, 0.2) is 36.4 Å². The Morgan fingerprint density at radius 3 is 2.03 bits per heavy atom. The number of rotatable bonds is 12. The molecule has 0 amide bonds. The standard InChI is InChI=1S/C26H32N2O/c1-3-5-7-8-9-11-21-14-17-24(26(20-28)25(21)19-27)22-12-15-23(16-13-22)29-18-10-6-4-2/h12-17H,3-11,18H2,1-2H3. The van der Waals surface area contributed by atoms with Gasteiger partial charge in [0.05, 0.1) is 17.7 Å².